The molecule has 2 unspecified atom stereocenters. The molecule has 7 heteroatoms. The van der Waals surface area contributed by atoms with Crippen LogP contribution in [0.15, 0.2) is 23.0 Å². The van der Waals surface area contributed by atoms with Crippen LogP contribution in [0.4, 0.5) is 0 Å². The molecular weight excluding hydrogens is 388 g/mol. The van der Waals surface area contributed by atoms with E-state index in [0.717, 1.165) is 74.9 Å². The van der Waals surface area contributed by atoms with Crippen LogP contribution >= 0.6 is 0 Å². The SMILES string of the molecule is CCCCS(=O)(=O)C1C=C(C2=C(C)ON(C3CCN(C(C)=O)CC3)C2C)CCC1. The molecule has 6 nitrogen and oxygen atoms in total. The van der Waals surface area contributed by atoms with Gasteiger partial charge in [-0.2, -0.15) is 0 Å². The van der Waals surface area contributed by atoms with Gasteiger partial charge in [0.05, 0.1) is 17.0 Å². The Morgan fingerprint density at radius 3 is 2.55 bits per heavy atom. The Labute approximate surface area is 175 Å². The Balaban J connectivity index is 1.72. The first-order valence-electron chi connectivity index (χ1n) is 11.1. The van der Waals surface area contributed by atoms with Crippen LogP contribution in [0.5, 0.6) is 0 Å². The highest BCUT2D eigenvalue weighted by Gasteiger charge is 2.39. The molecule has 29 heavy (non-hydrogen) atoms. The number of carbonyl (C=O) groups excluding carboxylic acids is 1. The fourth-order valence-corrected chi connectivity index (χ4v) is 6.81. The van der Waals surface area contributed by atoms with E-state index < -0.39 is 9.84 Å². The third-order valence-corrected chi connectivity index (χ3v) is 8.75. The zero-order valence-corrected chi connectivity index (χ0v) is 19.1. The van der Waals surface area contributed by atoms with Crippen LogP contribution in [-0.4, -0.2) is 60.5 Å². The highest BCUT2D eigenvalue weighted by molar-refractivity contribution is 7.92. The summed E-state index contributed by atoms with van der Waals surface area (Å²) in [7, 11) is -3.08. The first-order valence-corrected chi connectivity index (χ1v) is 12.8. The molecule has 0 aromatic heterocycles. The molecule has 3 aliphatic rings. The number of allylic oxidation sites excluding steroid dienone is 1. The summed E-state index contributed by atoms with van der Waals surface area (Å²) in [6.07, 6.45) is 7.98. The van der Waals surface area contributed by atoms with Gasteiger partial charge >= 0.3 is 0 Å². The van der Waals surface area contributed by atoms with Crippen LogP contribution in [-0.2, 0) is 19.5 Å². The van der Waals surface area contributed by atoms with E-state index in [9.17, 15) is 13.2 Å². The number of rotatable bonds is 6. The van der Waals surface area contributed by atoms with E-state index in [-0.39, 0.29) is 29.0 Å². The summed E-state index contributed by atoms with van der Waals surface area (Å²) in [5.74, 6) is 1.31. The molecule has 1 aliphatic carbocycles. The van der Waals surface area contributed by atoms with Gasteiger partial charge in [0.25, 0.3) is 0 Å². The zero-order valence-electron chi connectivity index (χ0n) is 18.3. The fourth-order valence-electron chi connectivity index (χ4n) is 4.92. The highest BCUT2D eigenvalue weighted by Crippen LogP contribution is 2.39. The second kappa shape index (κ2) is 9.21. The quantitative estimate of drug-likeness (QED) is 0.652. The normalized spacial score (nSPS) is 27.2. The minimum Gasteiger partial charge on any atom is -0.410 e. The lowest BCUT2D eigenvalue weighted by Crippen LogP contribution is -2.47. The molecule has 1 amide bonds. The number of hydroxylamine groups is 2. The van der Waals surface area contributed by atoms with E-state index in [0.29, 0.717) is 0 Å². The summed E-state index contributed by atoms with van der Waals surface area (Å²) in [6, 6.07) is 0.383. The van der Waals surface area contributed by atoms with Crippen molar-refractivity contribution >= 4 is 15.7 Å². The predicted molar refractivity (Wildman–Crippen MR) is 115 cm³/mol. The van der Waals surface area contributed by atoms with Gasteiger partial charge in [0.2, 0.25) is 5.91 Å². The summed E-state index contributed by atoms with van der Waals surface area (Å²) >= 11 is 0. The number of likely N-dealkylation sites (tertiary alicyclic amines) is 1. The second-order valence-corrected chi connectivity index (χ2v) is 11.0. The molecule has 1 saturated heterocycles. The maximum absolute atomic E-state index is 12.7. The van der Waals surface area contributed by atoms with Crippen LogP contribution in [0.1, 0.15) is 72.6 Å². The number of hydrogen-bond donors (Lipinski definition) is 0. The Morgan fingerprint density at radius 1 is 1.24 bits per heavy atom. The maximum Gasteiger partial charge on any atom is 0.219 e. The molecule has 0 N–H and O–H groups in total. The number of piperidine rings is 1. The average molecular weight is 425 g/mol. The molecule has 2 atom stereocenters. The smallest absolute Gasteiger partial charge is 0.219 e. The number of carbonyl (C=O) groups is 1. The fraction of sp³-hybridized carbons (Fsp3) is 0.773. The number of nitrogens with zero attached hydrogens (tertiary/aromatic N) is 2. The van der Waals surface area contributed by atoms with Gasteiger partial charge in [0, 0.05) is 31.6 Å². The van der Waals surface area contributed by atoms with Crippen molar-refractivity contribution in [2.75, 3.05) is 18.8 Å². The summed E-state index contributed by atoms with van der Waals surface area (Å²) in [6.45, 7) is 9.33. The molecule has 0 aromatic rings. The molecule has 2 aliphatic heterocycles. The molecule has 0 aromatic carbocycles. The first-order chi connectivity index (χ1) is 13.7. The second-order valence-electron chi connectivity index (χ2n) is 8.68. The number of sulfone groups is 1. The molecule has 0 radical (unpaired) electrons. The summed E-state index contributed by atoms with van der Waals surface area (Å²) in [5, 5.41) is 1.72. The number of amides is 1. The summed E-state index contributed by atoms with van der Waals surface area (Å²) < 4.78 is 25.5. The standard InChI is InChI=1S/C22H36N2O4S/c1-5-6-14-29(26,27)21-9-7-8-19(15-21)22-16(2)24(28-17(22)3)20-10-12-23(13-11-20)18(4)25/h15-16,20-21H,5-14H2,1-4H3. The Hall–Kier alpha value is -1.34. The summed E-state index contributed by atoms with van der Waals surface area (Å²) in [4.78, 5) is 19.7. The summed E-state index contributed by atoms with van der Waals surface area (Å²) in [5.41, 5.74) is 2.31. The monoisotopic (exact) mass is 424 g/mol. The van der Waals surface area contributed by atoms with Crippen molar-refractivity contribution in [3.63, 3.8) is 0 Å². The van der Waals surface area contributed by atoms with Crippen molar-refractivity contribution in [2.45, 2.75) is 90.0 Å². The van der Waals surface area contributed by atoms with Crippen LogP contribution < -0.4 is 0 Å². The van der Waals surface area contributed by atoms with Crippen molar-refractivity contribution < 1.29 is 18.0 Å². The molecule has 2 heterocycles. The van der Waals surface area contributed by atoms with E-state index in [1.165, 1.54) is 0 Å². The lowest BCUT2D eigenvalue weighted by Gasteiger charge is -2.37. The van der Waals surface area contributed by atoms with Crippen LogP contribution in [0, 0.1) is 0 Å². The molecule has 0 saturated carbocycles. The molecule has 0 bridgehead atoms. The van der Waals surface area contributed by atoms with E-state index in [1.54, 1.807) is 6.92 Å². The predicted octanol–water partition coefficient (Wildman–Crippen LogP) is 3.60. The van der Waals surface area contributed by atoms with Crippen molar-refractivity contribution in [1.82, 2.24) is 9.96 Å². The van der Waals surface area contributed by atoms with Crippen LogP contribution in [0.3, 0.4) is 0 Å². The Kier molecular flexibility index (Phi) is 7.10. The number of unbranched alkanes of at least 4 members (excludes halogenated alkanes) is 1. The van der Waals surface area contributed by atoms with Gasteiger partial charge in [-0.1, -0.05) is 19.4 Å². The molecule has 164 valence electrons. The minimum absolute atomic E-state index is 0.104. The Bertz CT molecular complexity index is 779. The van der Waals surface area contributed by atoms with Gasteiger partial charge in [-0.3, -0.25) is 4.79 Å². The van der Waals surface area contributed by atoms with Gasteiger partial charge in [-0.15, -0.1) is 5.06 Å². The van der Waals surface area contributed by atoms with Gasteiger partial charge in [-0.05, 0) is 57.9 Å². The lowest BCUT2D eigenvalue weighted by atomic mass is 9.89. The van der Waals surface area contributed by atoms with Gasteiger partial charge in [0.1, 0.15) is 5.76 Å². The highest BCUT2D eigenvalue weighted by atomic mass is 32.2. The third-order valence-electron chi connectivity index (χ3n) is 6.60. The maximum atomic E-state index is 12.7. The van der Waals surface area contributed by atoms with Crippen molar-refractivity contribution in [3.05, 3.63) is 23.0 Å². The van der Waals surface area contributed by atoms with E-state index >= 15 is 0 Å². The van der Waals surface area contributed by atoms with E-state index in [2.05, 4.69) is 12.0 Å². The average Bonchev–Trinajstić information content (AvgIpc) is 3.00. The Morgan fingerprint density at radius 2 is 1.93 bits per heavy atom. The third kappa shape index (κ3) is 4.88. The first kappa shape index (κ1) is 22.3. The van der Waals surface area contributed by atoms with Crippen LogP contribution in [0.25, 0.3) is 0 Å². The van der Waals surface area contributed by atoms with Gasteiger partial charge < -0.3 is 9.74 Å². The van der Waals surface area contributed by atoms with E-state index in [4.69, 9.17) is 4.84 Å². The van der Waals surface area contributed by atoms with Crippen molar-refractivity contribution in [2.24, 2.45) is 0 Å². The topological polar surface area (TPSA) is 66.9 Å². The zero-order chi connectivity index (χ0) is 21.2. The van der Waals surface area contributed by atoms with Crippen molar-refractivity contribution in [1.29, 1.82) is 0 Å². The van der Waals surface area contributed by atoms with Gasteiger partial charge in [0.15, 0.2) is 9.84 Å². The number of hydrogen-bond acceptors (Lipinski definition) is 5. The van der Waals surface area contributed by atoms with Crippen LogP contribution in [0.2, 0.25) is 0 Å². The molecule has 3 rings (SSSR count). The van der Waals surface area contributed by atoms with Crippen molar-refractivity contribution in [3.8, 4) is 0 Å². The molecular formula is C22H36N2O4S. The van der Waals surface area contributed by atoms with Gasteiger partial charge in [-0.25, -0.2) is 8.42 Å². The van der Waals surface area contributed by atoms with E-state index in [1.807, 2.05) is 24.8 Å². The molecule has 0 spiro atoms. The largest absolute Gasteiger partial charge is 0.410 e. The minimum atomic E-state index is -3.08. The lowest BCUT2D eigenvalue weighted by molar-refractivity contribution is -0.160. The molecule has 1 fully saturated rings.